The van der Waals surface area contributed by atoms with Crippen LogP contribution in [-0.2, 0) is 0 Å². The van der Waals surface area contributed by atoms with E-state index in [2.05, 4.69) is 31.2 Å². The van der Waals surface area contributed by atoms with E-state index in [0.717, 1.165) is 17.3 Å². The Morgan fingerprint density at radius 3 is 2.74 bits per heavy atom. The van der Waals surface area contributed by atoms with E-state index in [9.17, 15) is 4.79 Å². The summed E-state index contributed by atoms with van der Waals surface area (Å²) in [5, 5.41) is 2.89. The van der Waals surface area contributed by atoms with Crippen LogP contribution < -0.4 is 19.5 Å². The number of ether oxygens (including phenoxy) is 3. The Hall–Kier alpha value is -2.55. The molecule has 0 spiro atoms. The van der Waals surface area contributed by atoms with Gasteiger partial charge in [-0.2, -0.15) is 0 Å². The minimum atomic E-state index is -0.216. The van der Waals surface area contributed by atoms with Crippen molar-refractivity contribution >= 4 is 27.6 Å². The average Bonchev–Trinajstić information content (AvgIpc) is 2.69. The fourth-order valence-corrected chi connectivity index (χ4v) is 3.11. The molecule has 1 aliphatic heterocycles. The van der Waals surface area contributed by atoms with Crippen molar-refractivity contribution in [3.63, 3.8) is 0 Å². The van der Waals surface area contributed by atoms with Gasteiger partial charge in [-0.1, -0.05) is 6.07 Å². The van der Waals surface area contributed by atoms with Crippen molar-refractivity contribution in [3.8, 4) is 17.5 Å². The molecule has 9 heteroatoms. The summed E-state index contributed by atoms with van der Waals surface area (Å²) >= 11 is 3.29. The number of carbonyl (C=O) groups is 1. The lowest BCUT2D eigenvalue weighted by Gasteiger charge is -2.32. The zero-order valence-corrected chi connectivity index (χ0v) is 16.7. The quantitative estimate of drug-likeness (QED) is 0.773. The number of likely N-dealkylation sites (tertiary alicyclic amines) is 1. The highest BCUT2D eigenvalue weighted by Gasteiger charge is 2.26. The third kappa shape index (κ3) is 4.79. The summed E-state index contributed by atoms with van der Waals surface area (Å²) in [6.45, 7) is 1.11. The van der Waals surface area contributed by atoms with Crippen molar-refractivity contribution in [1.82, 2.24) is 14.9 Å². The second kappa shape index (κ2) is 8.90. The number of hydrogen-bond donors (Lipinski definition) is 1. The highest BCUT2D eigenvalue weighted by atomic mass is 79.9. The predicted molar refractivity (Wildman–Crippen MR) is 104 cm³/mol. The Labute approximate surface area is 166 Å². The first-order valence-electron chi connectivity index (χ1n) is 8.52. The fraction of sp³-hybridized carbons (Fsp3) is 0.389. The normalized spacial score (nSPS) is 16.6. The van der Waals surface area contributed by atoms with E-state index in [1.807, 2.05) is 0 Å². The average molecular weight is 437 g/mol. The number of halogens is 1. The molecule has 0 saturated carbocycles. The Kier molecular flexibility index (Phi) is 6.33. The van der Waals surface area contributed by atoms with Crippen LogP contribution in [0.25, 0.3) is 0 Å². The molecule has 2 aromatic rings. The van der Waals surface area contributed by atoms with Crippen LogP contribution in [0.15, 0.2) is 35.1 Å². The molecule has 1 N–H and O–H groups in total. The number of carbonyl (C=O) groups excluding carboxylic acids is 1. The maximum atomic E-state index is 12.7. The SMILES string of the molecule is COc1cccc(NC(=O)N2CCCC(Oc3ncc(Br)cn3)C2)c1OC. The molecule has 1 saturated heterocycles. The molecule has 1 aromatic heterocycles. The molecule has 2 heterocycles. The van der Waals surface area contributed by atoms with Gasteiger partial charge in [0.15, 0.2) is 11.5 Å². The van der Waals surface area contributed by atoms with Gasteiger partial charge in [0.25, 0.3) is 0 Å². The van der Waals surface area contributed by atoms with Gasteiger partial charge in [0, 0.05) is 18.9 Å². The van der Waals surface area contributed by atoms with Gasteiger partial charge in [0.1, 0.15) is 6.10 Å². The summed E-state index contributed by atoms with van der Waals surface area (Å²) in [4.78, 5) is 22.7. The number of nitrogens with zero attached hydrogens (tertiary/aromatic N) is 3. The van der Waals surface area contributed by atoms with E-state index < -0.39 is 0 Å². The molecule has 1 aromatic carbocycles. The maximum Gasteiger partial charge on any atom is 0.322 e. The molecule has 2 amide bonds. The van der Waals surface area contributed by atoms with Crippen LogP contribution in [-0.4, -0.2) is 54.3 Å². The number of anilines is 1. The van der Waals surface area contributed by atoms with Crippen LogP contribution in [0.1, 0.15) is 12.8 Å². The van der Waals surface area contributed by atoms with Crippen LogP contribution in [0.5, 0.6) is 17.5 Å². The third-order valence-electron chi connectivity index (χ3n) is 4.18. The van der Waals surface area contributed by atoms with Gasteiger partial charge in [-0.15, -0.1) is 0 Å². The molecular weight excluding hydrogens is 416 g/mol. The zero-order valence-electron chi connectivity index (χ0n) is 15.1. The fourth-order valence-electron chi connectivity index (χ4n) is 2.91. The van der Waals surface area contributed by atoms with E-state index in [1.165, 1.54) is 7.11 Å². The monoisotopic (exact) mass is 436 g/mol. The summed E-state index contributed by atoms with van der Waals surface area (Å²) < 4.78 is 17.2. The third-order valence-corrected chi connectivity index (χ3v) is 4.59. The van der Waals surface area contributed by atoms with E-state index >= 15 is 0 Å². The molecule has 1 fully saturated rings. The Morgan fingerprint density at radius 2 is 2.04 bits per heavy atom. The summed E-state index contributed by atoms with van der Waals surface area (Å²) in [7, 11) is 3.09. The van der Waals surface area contributed by atoms with Crippen molar-refractivity contribution < 1.29 is 19.0 Å². The molecule has 144 valence electrons. The van der Waals surface area contributed by atoms with Crippen LogP contribution in [0.2, 0.25) is 0 Å². The minimum Gasteiger partial charge on any atom is -0.493 e. The molecule has 1 unspecified atom stereocenters. The first-order valence-corrected chi connectivity index (χ1v) is 9.31. The second-order valence-electron chi connectivity index (χ2n) is 5.98. The van der Waals surface area contributed by atoms with Crippen molar-refractivity contribution in [2.45, 2.75) is 18.9 Å². The second-order valence-corrected chi connectivity index (χ2v) is 6.90. The number of piperidine rings is 1. The Balaban J connectivity index is 1.64. The number of hydrogen-bond acceptors (Lipinski definition) is 6. The number of para-hydroxylation sites is 1. The predicted octanol–water partition coefficient (Wildman–Crippen LogP) is 3.33. The molecule has 3 rings (SSSR count). The lowest BCUT2D eigenvalue weighted by atomic mass is 10.1. The number of urea groups is 1. The van der Waals surface area contributed by atoms with E-state index in [0.29, 0.717) is 36.3 Å². The zero-order chi connectivity index (χ0) is 19.2. The van der Waals surface area contributed by atoms with Crippen LogP contribution in [0, 0.1) is 0 Å². The van der Waals surface area contributed by atoms with Crippen LogP contribution in [0.4, 0.5) is 10.5 Å². The van der Waals surface area contributed by atoms with Gasteiger partial charge in [0.2, 0.25) is 0 Å². The highest BCUT2D eigenvalue weighted by Crippen LogP contribution is 2.35. The van der Waals surface area contributed by atoms with E-state index in [4.69, 9.17) is 14.2 Å². The topological polar surface area (TPSA) is 85.8 Å². The lowest BCUT2D eigenvalue weighted by Crippen LogP contribution is -2.46. The van der Waals surface area contributed by atoms with Gasteiger partial charge < -0.3 is 24.4 Å². The molecule has 1 atom stereocenters. The van der Waals surface area contributed by atoms with Gasteiger partial charge in [-0.3, -0.25) is 0 Å². The molecule has 1 aliphatic rings. The van der Waals surface area contributed by atoms with Crippen LogP contribution in [0.3, 0.4) is 0 Å². The first kappa shape index (κ1) is 19.2. The van der Waals surface area contributed by atoms with E-state index in [1.54, 1.807) is 42.6 Å². The summed E-state index contributed by atoms with van der Waals surface area (Å²) in [5.74, 6) is 1.05. The Morgan fingerprint density at radius 1 is 1.26 bits per heavy atom. The molecule has 0 radical (unpaired) electrons. The van der Waals surface area contributed by atoms with Crippen molar-refractivity contribution in [3.05, 3.63) is 35.1 Å². The van der Waals surface area contributed by atoms with Crippen molar-refractivity contribution in [2.75, 3.05) is 32.6 Å². The van der Waals surface area contributed by atoms with Gasteiger partial charge in [0.05, 0.1) is 30.9 Å². The number of rotatable bonds is 5. The lowest BCUT2D eigenvalue weighted by molar-refractivity contribution is 0.0982. The van der Waals surface area contributed by atoms with Gasteiger partial charge in [-0.05, 0) is 40.9 Å². The molecule has 0 aliphatic carbocycles. The largest absolute Gasteiger partial charge is 0.493 e. The molecular formula is C18H21BrN4O4. The summed E-state index contributed by atoms with van der Waals surface area (Å²) in [5.41, 5.74) is 0.557. The first-order chi connectivity index (χ1) is 13.1. The highest BCUT2D eigenvalue weighted by molar-refractivity contribution is 9.10. The van der Waals surface area contributed by atoms with Crippen LogP contribution >= 0.6 is 15.9 Å². The van der Waals surface area contributed by atoms with Crippen molar-refractivity contribution in [1.29, 1.82) is 0 Å². The number of methoxy groups -OCH3 is 2. The number of benzene rings is 1. The number of aromatic nitrogens is 2. The summed E-state index contributed by atoms with van der Waals surface area (Å²) in [6, 6.07) is 5.43. The minimum absolute atomic E-state index is 0.155. The Bertz CT molecular complexity index is 787. The molecule has 0 bridgehead atoms. The van der Waals surface area contributed by atoms with Gasteiger partial charge >= 0.3 is 12.0 Å². The number of amides is 2. The molecule has 8 nitrogen and oxygen atoms in total. The maximum absolute atomic E-state index is 12.7. The van der Waals surface area contributed by atoms with Crippen molar-refractivity contribution in [2.24, 2.45) is 0 Å². The smallest absolute Gasteiger partial charge is 0.322 e. The molecule has 27 heavy (non-hydrogen) atoms. The standard InChI is InChI=1S/C18H21BrN4O4/c1-25-15-7-3-6-14(16(15)26-2)22-18(24)23-8-4-5-13(11-23)27-17-20-9-12(19)10-21-17/h3,6-7,9-10,13H,4-5,8,11H2,1-2H3,(H,22,24). The van der Waals surface area contributed by atoms with E-state index in [-0.39, 0.29) is 12.1 Å². The summed E-state index contributed by atoms with van der Waals surface area (Å²) in [6.07, 6.45) is 4.78. The number of nitrogens with one attached hydrogen (secondary N) is 1. The van der Waals surface area contributed by atoms with Gasteiger partial charge in [-0.25, -0.2) is 14.8 Å².